The van der Waals surface area contributed by atoms with E-state index in [-0.39, 0.29) is 18.4 Å². The lowest BCUT2D eigenvalue weighted by Crippen LogP contribution is -2.47. The van der Waals surface area contributed by atoms with Crippen molar-refractivity contribution in [3.05, 3.63) is 23.8 Å². The van der Waals surface area contributed by atoms with Crippen molar-refractivity contribution in [2.24, 2.45) is 5.92 Å². The number of fused-ring (bicyclic) bond motifs is 2. The van der Waals surface area contributed by atoms with Crippen molar-refractivity contribution in [2.45, 2.75) is 31.5 Å². The van der Waals surface area contributed by atoms with Gasteiger partial charge in [-0.1, -0.05) is 6.42 Å². The van der Waals surface area contributed by atoms with Crippen LogP contribution in [0.1, 0.15) is 31.2 Å². The standard InChI is InChI=1S/C18H21FN2O4/c19-7-8-21-15-6-5-13(20-16(22)12-3-1-4-12)11-14(15)18(17(21)23)24-9-2-10-25-18/h5-6,11-12H,1-4,7-10H2,(H,20,22). The van der Waals surface area contributed by atoms with Crippen molar-refractivity contribution >= 4 is 23.2 Å². The number of hydrogen-bond acceptors (Lipinski definition) is 4. The van der Waals surface area contributed by atoms with Gasteiger partial charge in [-0.25, -0.2) is 4.39 Å². The second kappa shape index (κ2) is 6.38. The van der Waals surface area contributed by atoms with Crippen LogP contribution < -0.4 is 10.2 Å². The molecule has 2 aliphatic heterocycles. The van der Waals surface area contributed by atoms with Gasteiger partial charge in [-0.2, -0.15) is 0 Å². The molecule has 2 heterocycles. The van der Waals surface area contributed by atoms with Crippen LogP contribution in [0.15, 0.2) is 18.2 Å². The quantitative estimate of drug-likeness (QED) is 0.907. The maximum absolute atomic E-state index is 12.9. The number of alkyl halides is 1. The smallest absolute Gasteiger partial charge is 0.292 e. The maximum atomic E-state index is 12.9. The molecule has 0 atom stereocenters. The summed E-state index contributed by atoms with van der Waals surface area (Å²) >= 11 is 0. The van der Waals surface area contributed by atoms with E-state index in [1.165, 1.54) is 4.90 Å². The molecular weight excluding hydrogens is 327 g/mol. The fraction of sp³-hybridized carbons (Fsp3) is 0.556. The second-order valence-electron chi connectivity index (χ2n) is 6.66. The average Bonchev–Trinajstić information content (AvgIpc) is 2.77. The number of carbonyl (C=O) groups excluding carboxylic acids is 2. The van der Waals surface area contributed by atoms with Crippen molar-refractivity contribution in [3.8, 4) is 0 Å². The number of benzene rings is 1. The average molecular weight is 348 g/mol. The second-order valence-corrected chi connectivity index (χ2v) is 6.66. The maximum Gasteiger partial charge on any atom is 0.292 e. The van der Waals surface area contributed by atoms with Crippen LogP contribution in [0.2, 0.25) is 0 Å². The molecule has 25 heavy (non-hydrogen) atoms. The molecule has 0 unspecified atom stereocenters. The third-order valence-electron chi connectivity index (χ3n) is 5.12. The molecule has 1 aromatic rings. The zero-order valence-corrected chi connectivity index (χ0v) is 13.9. The Morgan fingerprint density at radius 3 is 2.68 bits per heavy atom. The molecule has 2 fully saturated rings. The van der Waals surface area contributed by atoms with E-state index in [0.717, 1.165) is 19.3 Å². The predicted octanol–water partition coefficient (Wildman–Crippen LogP) is 2.33. The first-order valence-corrected chi connectivity index (χ1v) is 8.77. The van der Waals surface area contributed by atoms with Crippen LogP contribution in [0.25, 0.3) is 0 Å². The fourth-order valence-electron chi connectivity index (χ4n) is 3.55. The number of halogens is 1. The summed E-state index contributed by atoms with van der Waals surface area (Å²) in [5.41, 5.74) is 1.71. The van der Waals surface area contributed by atoms with Gasteiger partial charge < -0.3 is 19.7 Å². The van der Waals surface area contributed by atoms with E-state index >= 15 is 0 Å². The van der Waals surface area contributed by atoms with Gasteiger partial charge in [-0.3, -0.25) is 9.59 Å². The van der Waals surface area contributed by atoms with E-state index in [0.29, 0.717) is 36.6 Å². The highest BCUT2D eigenvalue weighted by molar-refractivity contribution is 6.07. The number of carbonyl (C=O) groups is 2. The van der Waals surface area contributed by atoms with Crippen molar-refractivity contribution < 1.29 is 23.5 Å². The largest absolute Gasteiger partial charge is 0.338 e. The molecular formula is C18H21FN2O4. The SMILES string of the molecule is O=C(Nc1ccc2c(c1)C1(OCCCO1)C(=O)N2CCF)C1CCC1. The van der Waals surface area contributed by atoms with E-state index in [4.69, 9.17) is 9.47 Å². The summed E-state index contributed by atoms with van der Waals surface area (Å²) in [4.78, 5) is 26.4. The van der Waals surface area contributed by atoms with Gasteiger partial charge in [0.05, 0.1) is 25.4 Å². The van der Waals surface area contributed by atoms with Crippen molar-refractivity contribution in [1.29, 1.82) is 0 Å². The molecule has 2 amide bonds. The molecule has 6 nitrogen and oxygen atoms in total. The first-order chi connectivity index (χ1) is 12.2. The Morgan fingerprint density at radius 1 is 1.28 bits per heavy atom. The number of rotatable bonds is 4. The molecule has 4 rings (SSSR count). The van der Waals surface area contributed by atoms with Crippen molar-refractivity contribution in [2.75, 3.05) is 36.6 Å². The van der Waals surface area contributed by atoms with E-state index in [9.17, 15) is 14.0 Å². The van der Waals surface area contributed by atoms with Crippen LogP contribution in [0.5, 0.6) is 0 Å². The lowest BCUT2D eigenvalue weighted by molar-refractivity contribution is -0.256. The molecule has 134 valence electrons. The molecule has 1 aromatic carbocycles. The van der Waals surface area contributed by atoms with Gasteiger partial charge >= 0.3 is 0 Å². The van der Waals surface area contributed by atoms with Gasteiger partial charge in [0.25, 0.3) is 11.7 Å². The first kappa shape index (κ1) is 16.5. The number of hydrogen-bond donors (Lipinski definition) is 1. The highest BCUT2D eigenvalue weighted by Gasteiger charge is 2.54. The van der Waals surface area contributed by atoms with Gasteiger partial charge in [0.2, 0.25) is 5.91 Å². The zero-order valence-electron chi connectivity index (χ0n) is 13.9. The van der Waals surface area contributed by atoms with Crippen LogP contribution in [-0.4, -0.2) is 38.2 Å². The zero-order chi connectivity index (χ0) is 17.4. The summed E-state index contributed by atoms with van der Waals surface area (Å²) < 4.78 is 24.4. The molecule has 0 radical (unpaired) electrons. The Labute approximate surface area is 145 Å². The van der Waals surface area contributed by atoms with E-state index < -0.39 is 18.4 Å². The minimum atomic E-state index is -1.51. The molecule has 7 heteroatoms. The number of nitrogens with zero attached hydrogens (tertiary/aromatic N) is 1. The minimum Gasteiger partial charge on any atom is -0.338 e. The summed E-state index contributed by atoms with van der Waals surface area (Å²) in [5, 5.41) is 2.90. The number of nitrogens with one attached hydrogen (secondary N) is 1. The lowest BCUT2D eigenvalue weighted by atomic mass is 9.85. The summed E-state index contributed by atoms with van der Waals surface area (Å²) in [6.45, 7) is 0.0934. The van der Waals surface area contributed by atoms with Crippen LogP contribution >= 0.6 is 0 Å². The lowest BCUT2D eigenvalue weighted by Gasteiger charge is -2.32. The van der Waals surface area contributed by atoms with Gasteiger partial charge in [-0.15, -0.1) is 0 Å². The number of amides is 2. The molecule has 1 saturated heterocycles. The summed E-state index contributed by atoms with van der Waals surface area (Å²) in [6.07, 6.45) is 3.61. The van der Waals surface area contributed by atoms with E-state index in [1.54, 1.807) is 18.2 Å². The monoisotopic (exact) mass is 348 g/mol. The molecule has 1 N–H and O–H groups in total. The molecule has 0 aromatic heterocycles. The Kier molecular flexibility index (Phi) is 4.21. The van der Waals surface area contributed by atoms with Gasteiger partial charge in [0, 0.05) is 17.2 Å². The highest BCUT2D eigenvalue weighted by Crippen LogP contribution is 2.46. The van der Waals surface area contributed by atoms with Crippen LogP contribution in [-0.2, 0) is 24.8 Å². The normalized spacial score (nSPS) is 22.0. The minimum absolute atomic E-state index is 0.00401. The topological polar surface area (TPSA) is 67.9 Å². The first-order valence-electron chi connectivity index (χ1n) is 8.77. The molecule has 1 saturated carbocycles. The Balaban J connectivity index is 1.67. The van der Waals surface area contributed by atoms with Crippen LogP contribution in [0, 0.1) is 5.92 Å². The summed E-state index contributed by atoms with van der Waals surface area (Å²) in [7, 11) is 0. The Hall–Kier alpha value is -1.99. The van der Waals surface area contributed by atoms with Gasteiger partial charge in [-0.05, 0) is 37.5 Å². The molecule has 0 bridgehead atoms. The Morgan fingerprint density at radius 2 is 2.04 bits per heavy atom. The molecule has 3 aliphatic rings. The van der Waals surface area contributed by atoms with Crippen LogP contribution in [0.3, 0.4) is 0 Å². The number of ether oxygens (including phenoxy) is 2. The summed E-state index contributed by atoms with van der Waals surface area (Å²) in [6, 6.07) is 5.17. The van der Waals surface area contributed by atoms with E-state index in [1.807, 2.05) is 0 Å². The predicted molar refractivity (Wildman–Crippen MR) is 88.9 cm³/mol. The summed E-state index contributed by atoms with van der Waals surface area (Å²) in [5.74, 6) is -1.85. The van der Waals surface area contributed by atoms with Gasteiger partial charge in [0.1, 0.15) is 6.67 Å². The third kappa shape index (κ3) is 2.62. The van der Waals surface area contributed by atoms with Crippen molar-refractivity contribution in [3.63, 3.8) is 0 Å². The molecule has 1 aliphatic carbocycles. The Bertz CT molecular complexity index is 698. The highest BCUT2D eigenvalue weighted by atomic mass is 19.1. The third-order valence-corrected chi connectivity index (χ3v) is 5.12. The van der Waals surface area contributed by atoms with E-state index in [2.05, 4.69) is 5.32 Å². The van der Waals surface area contributed by atoms with Crippen molar-refractivity contribution in [1.82, 2.24) is 0 Å². The fourth-order valence-corrected chi connectivity index (χ4v) is 3.55. The van der Waals surface area contributed by atoms with Crippen LogP contribution in [0.4, 0.5) is 15.8 Å². The number of anilines is 2. The van der Waals surface area contributed by atoms with Gasteiger partial charge in [0.15, 0.2) is 0 Å². The molecule has 1 spiro atoms.